The molecule has 2 amide bonds. The number of anilines is 1. The Morgan fingerprint density at radius 3 is 2.41 bits per heavy atom. The molecule has 0 spiro atoms. The Hall–Kier alpha value is -2.00. The van der Waals surface area contributed by atoms with Crippen LogP contribution in [0.15, 0.2) is 29.2 Å². The molecule has 29 heavy (non-hydrogen) atoms. The van der Waals surface area contributed by atoms with Gasteiger partial charge in [0.1, 0.15) is 0 Å². The van der Waals surface area contributed by atoms with Gasteiger partial charge in [0.2, 0.25) is 11.8 Å². The number of carbonyl (C=O) groups excluding carboxylic acids is 2. The Bertz CT molecular complexity index is 747. The number of nitriles is 1. The third-order valence-corrected chi connectivity index (χ3v) is 7.20. The third kappa shape index (κ3) is 6.24. The first-order valence-corrected chi connectivity index (χ1v) is 11.7. The maximum absolute atomic E-state index is 12.8. The summed E-state index contributed by atoms with van der Waals surface area (Å²) in [5.74, 6) is 0.470. The number of benzene rings is 1. The van der Waals surface area contributed by atoms with Crippen molar-refractivity contribution in [2.45, 2.75) is 80.9 Å². The minimum absolute atomic E-state index is 0.00998. The van der Waals surface area contributed by atoms with Gasteiger partial charge in [-0.3, -0.25) is 9.59 Å². The van der Waals surface area contributed by atoms with E-state index < -0.39 is 0 Å². The maximum Gasteiger partial charge on any atom is 0.227 e. The van der Waals surface area contributed by atoms with Crippen molar-refractivity contribution in [2.24, 2.45) is 11.8 Å². The van der Waals surface area contributed by atoms with E-state index in [9.17, 15) is 9.59 Å². The fourth-order valence-corrected chi connectivity index (χ4v) is 5.30. The molecular formula is C23H31N3O2S. The standard InChI is InChI=1S/C23H31N3O2S/c1-16(14-15-24)29-21-9-5-4-8-20(21)26-23(28)18-10-12-19(13-11-18)25-22(27)17-6-2-3-7-17/h4-5,8-9,16-19H,2-3,6-7,10-14H2,1H3,(H,25,27)(H,26,28). The van der Waals surface area contributed by atoms with Gasteiger partial charge in [-0.1, -0.05) is 31.9 Å². The molecule has 1 aromatic carbocycles. The van der Waals surface area contributed by atoms with Crippen LogP contribution in [0.3, 0.4) is 0 Å². The molecule has 0 aliphatic heterocycles. The molecule has 0 aromatic heterocycles. The first-order valence-electron chi connectivity index (χ1n) is 10.8. The highest BCUT2D eigenvalue weighted by Gasteiger charge is 2.30. The second-order valence-corrected chi connectivity index (χ2v) is 9.79. The smallest absolute Gasteiger partial charge is 0.227 e. The zero-order valence-corrected chi connectivity index (χ0v) is 18.0. The predicted octanol–water partition coefficient (Wildman–Crippen LogP) is 4.88. The van der Waals surface area contributed by atoms with Crippen LogP contribution in [-0.4, -0.2) is 23.1 Å². The summed E-state index contributed by atoms with van der Waals surface area (Å²) >= 11 is 1.62. The molecule has 2 fully saturated rings. The van der Waals surface area contributed by atoms with Crippen LogP contribution in [-0.2, 0) is 9.59 Å². The van der Waals surface area contributed by atoms with E-state index in [2.05, 4.69) is 16.7 Å². The number of para-hydroxylation sites is 1. The summed E-state index contributed by atoms with van der Waals surface area (Å²) in [7, 11) is 0. The van der Waals surface area contributed by atoms with Crippen LogP contribution in [0.1, 0.15) is 64.7 Å². The molecule has 1 aromatic rings. The second-order valence-electron chi connectivity index (χ2n) is 8.31. The first kappa shape index (κ1) is 21.7. The SMILES string of the molecule is CC(CC#N)Sc1ccccc1NC(=O)C1CCC(NC(=O)C2CCCC2)CC1. The number of rotatable bonds is 7. The second kappa shape index (κ2) is 10.7. The van der Waals surface area contributed by atoms with Crippen LogP contribution >= 0.6 is 11.8 Å². The van der Waals surface area contributed by atoms with Crippen LogP contribution in [0.5, 0.6) is 0 Å². The molecule has 1 unspecified atom stereocenters. The Kier molecular flexibility index (Phi) is 8.00. The molecule has 0 radical (unpaired) electrons. The van der Waals surface area contributed by atoms with Crippen molar-refractivity contribution < 1.29 is 9.59 Å². The highest BCUT2D eigenvalue weighted by Crippen LogP contribution is 2.33. The minimum atomic E-state index is -0.00998. The van der Waals surface area contributed by atoms with Crippen LogP contribution in [0, 0.1) is 23.2 Å². The summed E-state index contributed by atoms with van der Waals surface area (Å²) in [6.45, 7) is 2.02. The van der Waals surface area contributed by atoms with Crippen molar-refractivity contribution in [3.05, 3.63) is 24.3 Å². The fraction of sp³-hybridized carbons (Fsp3) is 0.609. The summed E-state index contributed by atoms with van der Waals surface area (Å²) in [4.78, 5) is 26.1. The van der Waals surface area contributed by atoms with E-state index in [0.29, 0.717) is 6.42 Å². The van der Waals surface area contributed by atoms with Crippen molar-refractivity contribution in [2.75, 3.05) is 5.32 Å². The van der Waals surface area contributed by atoms with Gasteiger partial charge in [0.15, 0.2) is 0 Å². The lowest BCUT2D eigenvalue weighted by Gasteiger charge is -2.29. The van der Waals surface area contributed by atoms with E-state index in [1.54, 1.807) is 11.8 Å². The Morgan fingerprint density at radius 1 is 1.07 bits per heavy atom. The summed E-state index contributed by atoms with van der Waals surface area (Å²) < 4.78 is 0. The molecule has 2 aliphatic carbocycles. The average Bonchev–Trinajstić information content (AvgIpc) is 3.25. The van der Waals surface area contributed by atoms with E-state index in [-0.39, 0.29) is 34.9 Å². The van der Waals surface area contributed by atoms with E-state index in [0.717, 1.165) is 49.1 Å². The average molecular weight is 414 g/mol. The van der Waals surface area contributed by atoms with Crippen LogP contribution in [0.4, 0.5) is 5.69 Å². The Balaban J connectivity index is 1.49. The summed E-state index contributed by atoms with van der Waals surface area (Å²) in [6, 6.07) is 10.2. The molecule has 6 heteroatoms. The molecule has 156 valence electrons. The molecular weight excluding hydrogens is 382 g/mol. The molecule has 2 saturated carbocycles. The van der Waals surface area contributed by atoms with Crippen molar-refractivity contribution in [3.63, 3.8) is 0 Å². The Labute approximate surface area is 178 Å². The van der Waals surface area contributed by atoms with Gasteiger partial charge in [-0.15, -0.1) is 11.8 Å². The zero-order chi connectivity index (χ0) is 20.6. The zero-order valence-electron chi connectivity index (χ0n) is 17.2. The topological polar surface area (TPSA) is 82.0 Å². The third-order valence-electron chi connectivity index (χ3n) is 6.02. The fourth-order valence-electron chi connectivity index (χ4n) is 4.30. The number of nitrogens with one attached hydrogen (secondary N) is 2. The highest BCUT2D eigenvalue weighted by molar-refractivity contribution is 8.00. The predicted molar refractivity (Wildman–Crippen MR) is 116 cm³/mol. The van der Waals surface area contributed by atoms with Crippen LogP contribution < -0.4 is 10.6 Å². The number of carbonyl (C=O) groups is 2. The minimum Gasteiger partial charge on any atom is -0.353 e. The maximum atomic E-state index is 12.8. The van der Waals surface area contributed by atoms with Crippen molar-refractivity contribution in [3.8, 4) is 6.07 Å². The first-order chi connectivity index (χ1) is 14.1. The van der Waals surface area contributed by atoms with E-state index in [4.69, 9.17) is 5.26 Å². The van der Waals surface area contributed by atoms with Crippen LogP contribution in [0.25, 0.3) is 0 Å². The van der Waals surface area contributed by atoms with Gasteiger partial charge >= 0.3 is 0 Å². The van der Waals surface area contributed by atoms with Crippen LogP contribution in [0.2, 0.25) is 0 Å². The quantitative estimate of drug-likeness (QED) is 0.624. The molecule has 2 aliphatic rings. The van der Waals surface area contributed by atoms with Crippen molar-refractivity contribution >= 4 is 29.3 Å². The summed E-state index contributed by atoms with van der Waals surface area (Å²) in [5.41, 5.74) is 0.823. The van der Waals surface area contributed by atoms with Gasteiger partial charge in [-0.25, -0.2) is 0 Å². The monoisotopic (exact) mass is 413 g/mol. The molecule has 3 rings (SSSR count). The van der Waals surface area contributed by atoms with Gasteiger partial charge < -0.3 is 10.6 Å². The molecule has 0 saturated heterocycles. The van der Waals surface area contributed by atoms with Crippen molar-refractivity contribution in [1.82, 2.24) is 5.32 Å². The molecule has 1 atom stereocenters. The number of nitrogens with zero attached hydrogens (tertiary/aromatic N) is 1. The molecule has 0 bridgehead atoms. The lowest BCUT2D eigenvalue weighted by atomic mass is 9.85. The van der Waals surface area contributed by atoms with E-state index in [1.165, 1.54) is 12.8 Å². The van der Waals surface area contributed by atoms with Crippen molar-refractivity contribution in [1.29, 1.82) is 5.26 Å². The molecule has 2 N–H and O–H groups in total. The largest absolute Gasteiger partial charge is 0.353 e. The number of amides is 2. The van der Waals surface area contributed by atoms with Gasteiger partial charge in [0.25, 0.3) is 0 Å². The highest BCUT2D eigenvalue weighted by atomic mass is 32.2. The Morgan fingerprint density at radius 2 is 1.72 bits per heavy atom. The lowest BCUT2D eigenvalue weighted by Crippen LogP contribution is -2.41. The normalized spacial score (nSPS) is 23.2. The van der Waals surface area contributed by atoms with Gasteiger partial charge in [0.05, 0.1) is 11.8 Å². The number of hydrogen-bond donors (Lipinski definition) is 2. The number of hydrogen-bond acceptors (Lipinski definition) is 4. The summed E-state index contributed by atoms with van der Waals surface area (Å²) in [5, 5.41) is 15.4. The van der Waals surface area contributed by atoms with Gasteiger partial charge in [-0.2, -0.15) is 5.26 Å². The molecule has 5 nitrogen and oxygen atoms in total. The van der Waals surface area contributed by atoms with E-state index >= 15 is 0 Å². The van der Waals surface area contributed by atoms with Gasteiger partial charge in [0, 0.05) is 34.4 Å². The van der Waals surface area contributed by atoms with Gasteiger partial charge in [-0.05, 0) is 50.7 Å². The number of thioether (sulfide) groups is 1. The lowest BCUT2D eigenvalue weighted by molar-refractivity contribution is -0.125. The van der Waals surface area contributed by atoms with E-state index in [1.807, 2.05) is 31.2 Å². The molecule has 0 heterocycles. The summed E-state index contributed by atoms with van der Waals surface area (Å²) in [6.07, 6.45) is 8.20.